The molecule has 18 heavy (non-hydrogen) atoms. The summed E-state index contributed by atoms with van der Waals surface area (Å²) in [5.41, 5.74) is 6.97. The largest absolute Gasteiger partial charge is 0.493 e. The van der Waals surface area contributed by atoms with E-state index in [1.54, 1.807) is 7.11 Å². The van der Waals surface area contributed by atoms with Crippen molar-refractivity contribution in [1.82, 2.24) is 0 Å². The second kappa shape index (κ2) is 5.10. The van der Waals surface area contributed by atoms with Gasteiger partial charge in [0.2, 0.25) is 0 Å². The zero-order valence-electron chi connectivity index (χ0n) is 11.1. The Labute approximate surface area is 117 Å². The fraction of sp³-hybridized carbons (Fsp3) is 0.571. The lowest BCUT2D eigenvalue weighted by Crippen LogP contribution is -2.34. The van der Waals surface area contributed by atoms with Crippen molar-refractivity contribution >= 4 is 15.9 Å². The highest BCUT2D eigenvalue weighted by Gasteiger charge is 2.26. The highest BCUT2D eigenvalue weighted by Crippen LogP contribution is 2.40. The molecular weight excluding hydrogens is 294 g/mol. The summed E-state index contributed by atoms with van der Waals surface area (Å²) in [7, 11) is 1.67. The molecule has 0 aromatic heterocycles. The van der Waals surface area contributed by atoms with Crippen LogP contribution in [0, 0.1) is 0 Å². The predicted octanol–water partition coefficient (Wildman–Crippen LogP) is 3.28. The first-order valence-electron chi connectivity index (χ1n) is 6.21. The number of rotatable bonds is 5. The summed E-state index contributed by atoms with van der Waals surface area (Å²) in [6.07, 6.45) is 3.42. The van der Waals surface area contributed by atoms with Gasteiger partial charge in [0.15, 0.2) is 11.5 Å². The Balaban J connectivity index is 2.26. The molecule has 1 aromatic rings. The van der Waals surface area contributed by atoms with Crippen molar-refractivity contribution in [3.8, 4) is 11.5 Å². The lowest BCUT2D eigenvalue weighted by Gasteiger charge is -2.20. The zero-order valence-corrected chi connectivity index (χ0v) is 12.7. The second-order valence-corrected chi connectivity index (χ2v) is 6.45. The fourth-order valence-electron chi connectivity index (χ4n) is 1.87. The molecule has 3 nitrogen and oxygen atoms in total. The molecule has 0 bridgehead atoms. The molecule has 2 rings (SSSR count). The van der Waals surface area contributed by atoms with Gasteiger partial charge in [0.1, 0.15) is 0 Å². The summed E-state index contributed by atoms with van der Waals surface area (Å²) in [5.74, 6) is 1.58. The predicted molar refractivity (Wildman–Crippen MR) is 76.3 cm³/mol. The lowest BCUT2D eigenvalue weighted by atomic mass is 9.96. The first-order valence-corrected chi connectivity index (χ1v) is 7.00. The van der Waals surface area contributed by atoms with Crippen LogP contribution in [0.15, 0.2) is 16.6 Å². The third kappa shape index (κ3) is 3.62. The molecule has 2 N–H and O–H groups in total. The molecule has 0 spiro atoms. The fourth-order valence-corrected chi connectivity index (χ4v) is 2.45. The first-order chi connectivity index (χ1) is 8.39. The van der Waals surface area contributed by atoms with E-state index in [0.29, 0.717) is 6.10 Å². The third-order valence-electron chi connectivity index (χ3n) is 2.76. The molecule has 0 radical (unpaired) electrons. The lowest BCUT2D eigenvalue weighted by molar-refractivity contribution is 0.280. The van der Waals surface area contributed by atoms with Gasteiger partial charge in [-0.2, -0.15) is 0 Å². The van der Waals surface area contributed by atoms with Crippen molar-refractivity contribution in [3.63, 3.8) is 0 Å². The maximum absolute atomic E-state index is 6.05. The van der Waals surface area contributed by atoms with E-state index >= 15 is 0 Å². The van der Waals surface area contributed by atoms with Crippen LogP contribution >= 0.6 is 15.9 Å². The summed E-state index contributed by atoms with van der Waals surface area (Å²) < 4.78 is 12.2. The summed E-state index contributed by atoms with van der Waals surface area (Å²) in [6, 6.07) is 4.08. The summed E-state index contributed by atoms with van der Waals surface area (Å²) in [4.78, 5) is 0. The second-order valence-electron chi connectivity index (χ2n) is 5.59. The van der Waals surface area contributed by atoms with Crippen LogP contribution in [0.5, 0.6) is 11.5 Å². The smallest absolute Gasteiger partial charge is 0.175 e. The standard InChI is InChI=1S/C14H20BrNO2/c1-14(2,16)8-9-6-11(15)13(12(7-9)17-3)18-10-4-5-10/h6-7,10H,4-5,8,16H2,1-3H3. The van der Waals surface area contributed by atoms with Crippen molar-refractivity contribution in [2.24, 2.45) is 5.73 Å². The van der Waals surface area contributed by atoms with E-state index in [-0.39, 0.29) is 5.54 Å². The van der Waals surface area contributed by atoms with Crippen LogP contribution in [0.25, 0.3) is 0 Å². The van der Waals surface area contributed by atoms with Crippen LogP contribution in [-0.2, 0) is 6.42 Å². The Morgan fingerprint density at radius 2 is 2.06 bits per heavy atom. The zero-order chi connectivity index (χ0) is 13.3. The average molecular weight is 314 g/mol. The summed E-state index contributed by atoms with van der Waals surface area (Å²) in [6.45, 7) is 4.03. The minimum atomic E-state index is -0.233. The van der Waals surface area contributed by atoms with E-state index in [9.17, 15) is 0 Å². The molecule has 1 fully saturated rings. The molecule has 1 aromatic carbocycles. The van der Waals surface area contributed by atoms with Crippen LogP contribution in [0.3, 0.4) is 0 Å². The van der Waals surface area contributed by atoms with Crippen molar-refractivity contribution in [2.75, 3.05) is 7.11 Å². The normalized spacial score (nSPS) is 15.6. The number of methoxy groups -OCH3 is 1. The number of hydrogen-bond acceptors (Lipinski definition) is 3. The van der Waals surface area contributed by atoms with Gasteiger partial charge in [-0.3, -0.25) is 0 Å². The molecule has 4 heteroatoms. The Hall–Kier alpha value is -0.740. The molecule has 1 aliphatic rings. The molecular formula is C14H20BrNO2. The van der Waals surface area contributed by atoms with Crippen molar-refractivity contribution in [2.45, 2.75) is 44.8 Å². The maximum atomic E-state index is 6.05. The Kier molecular flexibility index (Phi) is 3.87. The average Bonchev–Trinajstić information content (AvgIpc) is 3.03. The van der Waals surface area contributed by atoms with E-state index < -0.39 is 0 Å². The molecule has 0 amide bonds. The van der Waals surface area contributed by atoms with Crippen LogP contribution in [0.1, 0.15) is 32.3 Å². The van der Waals surface area contributed by atoms with Gasteiger partial charge in [0.25, 0.3) is 0 Å². The molecule has 0 unspecified atom stereocenters. The molecule has 1 aliphatic carbocycles. The maximum Gasteiger partial charge on any atom is 0.175 e. The van der Waals surface area contributed by atoms with Gasteiger partial charge in [-0.05, 0) is 66.7 Å². The quantitative estimate of drug-likeness (QED) is 0.907. The van der Waals surface area contributed by atoms with Gasteiger partial charge in [-0.25, -0.2) is 0 Å². The number of benzene rings is 1. The number of nitrogens with two attached hydrogens (primary N) is 1. The van der Waals surface area contributed by atoms with Gasteiger partial charge >= 0.3 is 0 Å². The summed E-state index contributed by atoms with van der Waals surface area (Å²) in [5, 5.41) is 0. The Morgan fingerprint density at radius 1 is 1.39 bits per heavy atom. The minimum absolute atomic E-state index is 0.233. The molecule has 0 atom stereocenters. The van der Waals surface area contributed by atoms with Crippen molar-refractivity contribution in [1.29, 1.82) is 0 Å². The van der Waals surface area contributed by atoms with Crippen molar-refractivity contribution in [3.05, 3.63) is 22.2 Å². The number of ether oxygens (including phenoxy) is 2. The summed E-state index contributed by atoms with van der Waals surface area (Å²) >= 11 is 3.56. The van der Waals surface area contributed by atoms with Gasteiger partial charge in [-0.15, -0.1) is 0 Å². The van der Waals surface area contributed by atoms with Crippen molar-refractivity contribution < 1.29 is 9.47 Å². The van der Waals surface area contributed by atoms with E-state index in [1.807, 2.05) is 19.9 Å². The van der Waals surface area contributed by atoms with Crippen LogP contribution in [0.2, 0.25) is 0 Å². The Morgan fingerprint density at radius 3 is 2.56 bits per heavy atom. The van der Waals surface area contributed by atoms with Gasteiger partial charge < -0.3 is 15.2 Å². The molecule has 100 valence electrons. The van der Waals surface area contributed by atoms with Crippen LogP contribution < -0.4 is 15.2 Å². The topological polar surface area (TPSA) is 44.5 Å². The highest BCUT2D eigenvalue weighted by molar-refractivity contribution is 9.10. The highest BCUT2D eigenvalue weighted by atomic mass is 79.9. The number of halogens is 1. The minimum Gasteiger partial charge on any atom is -0.493 e. The third-order valence-corrected chi connectivity index (χ3v) is 3.35. The molecule has 0 saturated heterocycles. The van der Waals surface area contributed by atoms with Gasteiger partial charge in [-0.1, -0.05) is 0 Å². The monoisotopic (exact) mass is 313 g/mol. The van der Waals surface area contributed by atoms with E-state index in [2.05, 4.69) is 22.0 Å². The number of hydrogen-bond donors (Lipinski definition) is 1. The van der Waals surface area contributed by atoms with E-state index in [1.165, 1.54) is 0 Å². The van der Waals surface area contributed by atoms with Crippen LogP contribution in [-0.4, -0.2) is 18.8 Å². The van der Waals surface area contributed by atoms with E-state index in [4.69, 9.17) is 15.2 Å². The first kappa shape index (κ1) is 13.7. The SMILES string of the molecule is COc1cc(CC(C)(C)N)cc(Br)c1OC1CC1. The van der Waals surface area contributed by atoms with E-state index in [0.717, 1.165) is 40.8 Å². The Bertz CT molecular complexity index is 436. The molecule has 0 aliphatic heterocycles. The van der Waals surface area contributed by atoms with Crippen LogP contribution in [0.4, 0.5) is 0 Å². The molecule has 0 heterocycles. The molecule has 1 saturated carbocycles. The van der Waals surface area contributed by atoms with Gasteiger partial charge in [0.05, 0.1) is 17.7 Å². The van der Waals surface area contributed by atoms with Gasteiger partial charge in [0, 0.05) is 5.54 Å².